The molecule has 0 bridgehead atoms. The summed E-state index contributed by atoms with van der Waals surface area (Å²) >= 11 is 0. The van der Waals surface area contributed by atoms with E-state index in [1.807, 2.05) is 31.2 Å². The van der Waals surface area contributed by atoms with E-state index in [1.54, 1.807) is 30.5 Å². The topological polar surface area (TPSA) is 179 Å². The Bertz CT molecular complexity index is 2440. The molecule has 0 unspecified atom stereocenters. The van der Waals surface area contributed by atoms with Gasteiger partial charge >= 0.3 is 0 Å². The SMILES string of the molecule is CC[C@@H]1[C@H](F)C(=O)N[C@@H]1COc1ncc(C#CC2CCC(CN(C)CCCCCc3ccccc3Oc3cccc4c3C(=O)NC(=O)C4=O)CC2)c2cc(C(N)=O)c(OC)cc12. The number of ketones is 1. The number of imide groups is 1. The number of hydrogen-bond acceptors (Lipinski definition) is 10. The first-order chi connectivity index (χ1) is 29.9. The second kappa shape index (κ2) is 19.6. The van der Waals surface area contributed by atoms with Gasteiger partial charge in [0, 0.05) is 40.9 Å². The molecule has 2 aliphatic heterocycles. The molecule has 4 amide bonds. The van der Waals surface area contributed by atoms with Crippen LogP contribution in [0.25, 0.3) is 10.8 Å². The number of unbranched alkanes of at least 4 members (excludes halogenated alkanes) is 2. The summed E-state index contributed by atoms with van der Waals surface area (Å²) in [6, 6.07) is 15.1. The summed E-state index contributed by atoms with van der Waals surface area (Å²) in [5.41, 5.74) is 7.65. The lowest BCUT2D eigenvalue weighted by Gasteiger charge is -2.29. The number of rotatable bonds is 16. The van der Waals surface area contributed by atoms with Crippen LogP contribution >= 0.6 is 0 Å². The highest BCUT2D eigenvalue weighted by atomic mass is 19.1. The molecule has 0 spiro atoms. The molecule has 1 aromatic heterocycles. The number of carbonyl (C=O) groups is 5. The van der Waals surface area contributed by atoms with Crippen LogP contribution in [0, 0.1) is 29.6 Å². The molecule has 324 valence electrons. The number of ether oxygens (including phenoxy) is 3. The van der Waals surface area contributed by atoms with Crippen molar-refractivity contribution >= 4 is 40.2 Å². The quantitative estimate of drug-likeness (QED) is 0.0500. The van der Waals surface area contributed by atoms with Crippen LogP contribution in [0.3, 0.4) is 0 Å². The fourth-order valence-corrected chi connectivity index (χ4v) is 8.80. The normalized spacial score (nSPS) is 20.9. The predicted molar refractivity (Wildman–Crippen MR) is 230 cm³/mol. The average Bonchev–Trinajstić information content (AvgIpc) is 3.55. The van der Waals surface area contributed by atoms with E-state index >= 15 is 0 Å². The average molecular weight is 846 g/mol. The molecule has 14 heteroatoms. The number of hydrogen-bond donors (Lipinski definition) is 3. The first-order valence-electron chi connectivity index (χ1n) is 21.3. The number of pyridine rings is 1. The number of fused-ring (bicyclic) bond motifs is 2. The molecule has 2 fully saturated rings. The zero-order valence-corrected chi connectivity index (χ0v) is 35.3. The highest BCUT2D eigenvalue weighted by Crippen LogP contribution is 2.36. The largest absolute Gasteiger partial charge is 0.496 e. The molecule has 4 N–H and O–H groups in total. The van der Waals surface area contributed by atoms with Gasteiger partial charge in [-0.1, -0.05) is 49.5 Å². The van der Waals surface area contributed by atoms with Gasteiger partial charge in [-0.3, -0.25) is 29.3 Å². The van der Waals surface area contributed by atoms with E-state index in [-0.39, 0.29) is 46.6 Å². The van der Waals surface area contributed by atoms with E-state index in [1.165, 1.54) is 13.2 Å². The molecule has 4 aromatic rings. The van der Waals surface area contributed by atoms with Crippen molar-refractivity contribution in [3.8, 4) is 35.0 Å². The van der Waals surface area contributed by atoms with Crippen molar-refractivity contribution in [3.63, 3.8) is 0 Å². The van der Waals surface area contributed by atoms with E-state index in [2.05, 4.69) is 39.4 Å². The first kappa shape index (κ1) is 43.7. The van der Waals surface area contributed by atoms with Crippen molar-refractivity contribution in [2.45, 2.75) is 76.9 Å². The van der Waals surface area contributed by atoms with E-state index < -0.39 is 47.5 Å². The summed E-state index contributed by atoms with van der Waals surface area (Å²) in [6.07, 6.45) is 8.43. The number of amides is 4. The van der Waals surface area contributed by atoms with Gasteiger partial charge < -0.3 is 30.2 Å². The third kappa shape index (κ3) is 9.73. The van der Waals surface area contributed by atoms with E-state index in [9.17, 15) is 28.4 Å². The Kier molecular flexibility index (Phi) is 13.8. The van der Waals surface area contributed by atoms with Crippen LogP contribution in [0.1, 0.15) is 100 Å². The lowest BCUT2D eigenvalue weighted by Crippen LogP contribution is -2.42. The number of nitrogens with two attached hydrogens (primary N) is 1. The lowest BCUT2D eigenvalue weighted by atomic mass is 9.82. The van der Waals surface area contributed by atoms with Crippen LogP contribution in [0.5, 0.6) is 23.1 Å². The van der Waals surface area contributed by atoms with Crippen molar-refractivity contribution in [1.82, 2.24) is 20.5 Å². The van der Waals surface area contributed by atoms with Gasteiger partial charge in [-0.15, -0.1) is 0 Å². The van der Waals surface area contributed by atoms with Gasteiger partial charge in [0.15, 0.2) is 6.17 Å². The second-order valence-electron chi connectivity index (χ2n) is 16.4. The number of Topliss-reactive ketones (excluding diaryl/α,β-unsaturated/α-hetero) is 1. The standard InChI is InChI=1S/C48H52FN5O8/c1-4-32-37(52-46(58)42(32)49)27-61-48-35-24-40(60-3)36(44(50)56)23-34(35)31(25-51-48)21-20-28-16-18-29(19-17-28)26-54(2)22-9-5-6-11-30-12-7-8-14-38(30)62-39-15-10-13-33-41(39)45(57)53-47(59)43(33)55/h7-8,10,12-15,23-25,28-29,32,37,42H,4-6,9,11,16-19,22,26-27H2,1-3H3,(H2,50,56)(H,52,58)(H,53,57,59)/t28?,29?,32-,37+,42-/m0/s1. The Labute approximate surface area is 360 Å². The molecular formula is C48H52FN5O8. The van der Waals surface area contributed by atoms with Gasteiger partial charge in [0.1, 0.15) is 23.9 Å². The molecule has 7 rings (SSSR count). The molecule has 1 aliphatic carbocycles. The summed E-state index contributed by atoms with van der Waals surface area (Å²) < 4.78 is 32.2. The summed E-state index contributed by atoms with van der Waals surface area (Å²) in [7, 11) is 3.62. The molecule has 3 aromatic carbocycles. The number of nitrogens with one attached hydrogen (secondary N) is 2. The van der Waals surface area contributed by atoms with E-state index in [0.717, 1.165) is 70.0 Å². The second-order valence-corrected chi connectivity index (χ2v) is 16.4. The molecule has 1 saturated carbocycles. The van der Waals surface area contributed by atoms with Crippen LogP contribution in [0.15, 0.2) is 60.8 Å². The van der Waals surface area contributed by atoms with Gasteiger partial charge in [0.2, 0.25) is 5.88 Å². The smallest absolute Gasteiger partial charge is 0.299 e. The number of primary amides is 1. The number of benzene rings is 3. The summed E-state index contributed by atoms with van der Waals surface area (Å²) in [4.78, 5) is 68.2. The molecule has 0 radical (unpaired) electrons. The highest BCUT2D eigenvalue weighted by Gasteiger charge is 2.42. The molecule has 13 nitrogen and oxygen atoms in total. The van der Waals surface area contributed by atoms with Crippen molar-refractivity contribution in [2.75, 3.05) is 33.9 Å². The fraction of sp³-hybridized carbons (Fsp3) is 0.417. The van der Waals surface area contributed by atoms with Crippen LogP contribution in [-0.4, -0.2) is 85.4 Å². The number of alkyl halides is 1. The molecule has 1 saturated heterocycles. The third-order valence-electron chi connectivity index (χ3n) is 12.2. The van der Waals surface area contributed by atoms with Crippen molar-refractivity contribution in [2.24, 2.45) is 23.5 Å². The van der Waals surface area contributed by atoms with Crippen LogP contribution in [-0.2, 0) is 16.0 Å². The minimum absolute atomic E-state index is 0.0283. The van der Waals surface area contributed by atoms with Crippen LogP contribution in [0.2, 0.25) is 0 Å². The maximum atomic E-state index is 14.4. The Morgan fingerprint density at radius 2 is 1.73 bits per heavy atom. The number of nitrogens with zero attached hydrogens (tertiary/aromatic N) is 2. The third-order valence-corrected chi connectivity index (χ3v) is 12.2. The summed E-state index contributed by atoms with van der Waals surface area (Å²) in [5.74, 6) is 4.82. The summed E-state index contributed by atoms with van der Waals surface area (Å²) in [6.45, 7) is 3.86. The highest BCUT2D eigenvalue weighted by molar-refractivity contribution is 6.49. The number of methoxy groups -OCH3 is 1. The number of aryl methyl sites for hydroxylation is 1. The predicted octanol–water partition coefficient (Wildman–Crippen LogP) is 6.33. The first-order valence-corrected chi connectivity index (χ1v) is 21.3. The zero-order valence-electron chi connectivity index (χ0n) is 35.3. The van der Waals surface area contributed by atoms with Gasteiger partial charge in [0.05, 0.1) is 29.8 Å². The Hall–Kier alpha value is -6.33. The molecule has 3 atom stereocenters. The maximum absolute atomic E-state index is 14.4. The number of carbonyl (C=O) groups excluding carboxylic acids is 5. The minimum atomic E-state index is -1.58. The van der Waals surface area contributed by atoms with Crippen LogP contribution in [0.4, 0.5) is 4.39 Å². The maximum Gasteiger partial charge on any atom is 0.299 e. The van der Waals surface area contributed by atoms with Crippen molar-refractivity contribution < 1.29 is 42.6 Å². The zero-order chi connectivity index (χ0) is 43.9. The minimum Gasteiger partial charge on any atom is -0.496 e. The molecule has 3 aliphatic rings. The number of halogens is 1. The molecule has 62 heavy (non-hydrogen) atoms. The van der Waals surface area contributed by atoms with E-state index in [0.29, 0.717) is 34.4 Å². The van der Waals surface area contributed by atoms with Gasteiger partial charge in [-0.25, -0.2) is 9.37 Å². The Morgan fingerprint density at radius 1 is 0.952 bits per heavy atom. The van der Waals surface area contributed by atoms with Gasteiger partial charge in [0.25, 0.3) is 29.4 Å². The van der Waals surface area contributed by atoms with Gasteiger partial charge in [-0.2, -0.15) is 0 Å². The van der Waals surface area contributed by atoms with Crippen molar-refractivity contribution in [3.05, 3.63) is 88.6 Å². The Morgan fingerprint density at radius 3 is 2.48 bits per heavy atom. The number of aromatic nitrogens is 1. The summed E-state index contributed by atoms with van der Waals surface area (Å²) in [5, 5.41) is 5.98. The molecular weight excluding hydrogens is 794 g/mol. The Balaban J connectivity index is 0.895. The monoisotopic (exact) mass is 845 g/mol. The lowest BCUT2D eigenvalue weighted by molar-refractivity contribution is -0.124. The molecule has 3 heterocycles. The number of para-hydroxylation sites is 1. The van der Waals surface area contributed by atoms with E-state index in [4.69, 9.17) is 19.9 Å². The fourth-order valence-electron chi connectivity index (χ4n) is 8.80. The van der Waals surface area contributed by atoms with Crippen LogP contribution < -0.4 is 30.6 Å². The van der Waals surface area contributed by atoms with Crippen molar-refractivity contribution in [1.29, 1.82) is 0 Å². The van der Waals surface area contributed by atoms with Gasteiger partial charge in [-0.05, 0) is 107 Å².